The fourth-order valence-corrected chi connectivity index (χ4v) is 3.56. The molecular formula is C22H30NO+. The van der Waals surface area contributed by atoms with Crippen LogP contribution in [-0.4, -0.2) is 36.8 Å². The fraction of sp³-hybridized carbons (Fsp3) is 0.545. The van der Waals surface area contributed by atoms with Crippen molar-refractivity contribution in [3.8, 4) is 24.2 Å². The lowest BCUT2D eigenvalue weighted by molar-refractivity contribution is -0.875. The van der Waals surface area contributed by atoms with Crippen LogP contribution in [0.1, 0.15) is 44.1 Å². The summed E-state index contributed by atoms with van der Waals surface area (Å²) in [5.41, 5.74) is 0.168. The Morgan fingerprint density at radius 1 is 1.08 bits per heavy atom. The van der Waals surface area contributed by atoms with Crippen molar-refractivity contribution in [1.29, 1.82) is 0 Å². The highest BCUT2D eigenvalue weighted by atomic mass is 16.3. The SMILES string of the molecule is C#CC[N+](C)(C)CC#CC[C@@](O)(c1ccccc1)C1CCCCC1. The van der Waals surface area contributed by atoms with E-state index in [1.807, 2.05) is 30.3 Å². The zero-order valence-electron chi connectivity index (χ0n) is 15.1. The van der Waals surface area contributed by atoms with E-state index in [2.05, 4.69) is 31.9 Å². The molecule has 1 aromatic carbocycles. The van der Waals surface area contributed by atoms with Gasteiger partial charge in [0.25, 0.3) is 0 Å². The second kappa shape index (κ2) is 8.39. The van der Waals surface area contributed by atoms with Crippen LogP contribution in [0.25, 0.3) is 0 Å². The van der Waals surface area contributed by atoms with Gasteiger partial charge >= 0.3 is 0 Å². The zero-order valence-corrected chi connectivity index (χ0v) is 15.1. The van der Waals surface area contributed by atoms with Gasteiger partial charge in [-0.15, -0.1) is 6.42 Å². The third kappa shape index (κ3) is 4.88. The molecule has 1 aliphatic rings. The van der Waals surface area contributed by atoms with E-state index < -0.39 is 5.60 Å². The van der Waals surface area contributed by atoms with Crippen molar-refractivity contribution in [2.75, 3.05) is 27.2 Å². The lowest BCUT2D eigenvalue weighted by Gasteiger charge is -2.38. The van der Waals surface area contributed by atoms with Gasteiger partial charge in [-0.05, 0) is 36.2 Å². The van der Waals surface area contributed by atoms with Gasteiger partial charge in [-0.25, -0.2) is 0 Å². The summed E-state index contributed by atoms with van der Waals surface area (Å²) >= 11 is 0. The van der Waals surface area contributed by atoms with Crippen molar-refractivity contribution in [1.82, 2.24) is 0 Å². The molecule has 0 aliphatic heterocycles. The monoisotopic (exact) mass is 324 g/mol. The maximum atomic E-state index is 11.5. The highest BCUT2D eigenvalue weighted by Crippen LogP contribution is 2.41. The van der Waals surface area contributed by atoms with Crippen LogP contribution in [0.2, 0.25) is 0 Å². The molecule has 0 saturated heterocycles. The highest BCUT2D eigenvalue weighted by Gasteiger charge is 2.38. The maximum absolute atomic E-state index is 11.5. The molecule has 0 unspecified atom stereocenters. The first kappa shape index (κ1) is 18.6. The van der Waals surface area contributed by atoms with Crippen molar-refractivity contribution in [3.63, 3.8) is 0 Å². The summed E-state index contributed by atoms with van der Waals surface area (Å²) in [5, 5.41) is 11.5. The number of nitrogens with zero attached hydrogens (tertiary/aromatic N) is 1. The molecule has 0 radical (unpaired) electrons. The minimum atomic E-state index is -0.835. The molecule has 24 heavy (non-hydrogen) atoms. The van der Waals surface area contributed by atoms with Crippen molar-refractivity contribution < 1.29 is 9.59 Å². The molecule has 1 aromatic rings. The summed E-state index contributed by atoms with van der Waals surface area (Å²) in [7, 11) is 4.16. The number of hydrogen-bond donors (Lipinski definition) is 1. The second-order valence-electron chi connectivity index (χ2n) is 7.61. The maximum Gasteiger partial charge on any atom is 0.141 e. The molecule has 0 heterocycles. The molecule has 2 nitrogen and oxygen atoms in total. The van der Waals surface area contributed by atoms with Gasteiger partial charge in [0.1, 0.15) is 18.7 Å². The van der Waals surface area contributed by atoms with E-state index >= 15 is 0 Å². The predicted octanol–water partition coefficient (Wildman–Crippen LogP) is 3.56. The number of terminal acetylenes is 1. The van der Waals surface area contributed by atoms with Gasteiger partial charge in [0.2, 0.25) is 0 Å². The Kier molecular flexibility index (Phi) is 6.50. The van der Waals surface area contributed by atoms with E-state index in [4.69, 9.17) is 6.42 Å². The van der Waals surface area contributed by atoms with Gasteiger partial charge in [-0.3, -0.25) is 0 Å². The van der Waals surface area contributed by atoms with Crippen LogP contribution in [-0.2, 0) is 5.60 Å². The molecule has 1 atom stereocenters. The Morgan fingerprint density at radius 3 is 2.38 bits per heavy atom. The Balaban J connectivity index is 2.14. The van der Waals surface area contributed by atoms with E-state index in [9.17, 15) is 5.11 Å². The summed E-state index contributed by atoms with van der Waals surface area (Å²) in [6.45, 7) is 1.37. The molecule has 2 heteroatoms. The molecule has 0 bridgehead atoms. The summed E-state index contributed by atoms with van der Waals surface area (Å²) < 4.78 is 0.691. The minimum absolute atomic E-state index is 0.302. The first-order valence-electron chi connectivity index (χ1n) is 8.97. The number of benzene rings is 1. The Bertz CT molecular complexity index is 611. The van der Waals surface area contributed by atoms with Crippen molar-refractivity contribution in [3.05, 3.63) is 35.9 Å². The smallest absolute Gasteiger partial charge is 0.141 e. The summed E-state index contributed by atoms with van der Waals surface area (Å²) in [5.74, 6) is 9.49. The Labute approximate surface area is 147 Å². The fourth-order valence-electron chi connectivity index (χ4n) is 3.56. The van der Waals surface area contributed by atoms with E-state index in [0.717, 1.165) is 18.4 Å². The van der Waals surface area contributed by atoms with E-state index in [1.165, 1.54) is 19.3 Å². The van der Waals surface area contributed by atoms with E-state index in [-0.39, 0.29) is 0 Å². The Hall–Kier alpha value is -1.74. The lowest BCUT2D eigenvalue weighted by atomic mass is 9.72. The molecule has 0 amide bonds. The molecule has 2 rings (SSSR count). The van der Waals surface area contributed by atoms with Crippen LogP contribution < -0.4 is 0 Å². The lowest BCUT2D eigenvalue weighted by Crippen LogP contribution is -2.40. The van der Waals surface area contributed by atoms with Gasteiger partial charge < -0.3 is 9.59 Å². The van der Waals surface area contributed by atoms with E-state index in [0.29, 0.717) is 29.9 Å². The summed E-state index contributed by atoms with van der Waals surface area (Å²) in [6.07, 6.45) is 11.8. The third-order valence-corrected chi connectivity index (χ3v) is 5.06. The predicted molar refractivity (Wildman–Crippen MR) is 100.0 cm³/mol. The second-order valence-corrected chi connectivity index (χ2v) is 7.61. The van der Waals surface area contributed by atoms with Crippen LogP contribution in [0.4, 0.5) is 0 Å². The largest absolute Gasteiger partial charge is 0.384 e. The van der Waals surface area contributed by atoms with Crippen molar-refractivity contribution in [2.24, 2.45) is 5.92 Å². The molecule has 0 aromatic heterocycles. The summed E-state index contributed by atoms with van der Waals surface area (Å²) in [4.78, 5) is 0. The average Bonchev–Trinajstić information content (AvgIpc) is 2.60. The van der Waals surface area contributed by atoms with Gasteiger partial charge in [0.15, 0.2) is 0 Å². The van der Waals surface area contributed by atoms with Crippen molar-refractivity contribution >= 4 is 0 Å². The number of quaternary nitrogens is 1. The quantitative estimate of drug-likeness (QED) is 0.649. The topological polar surface area (TPSA) is 20.2 Å². The number of rotatable bonds is 5. The molecule has 1 saturated carbocycles. The van der Waals surface area contributed by atoms with Crippen LogP contribution in [0.5, 0.6) is 0 Å². The molecule has 1 fully saturated rings. The first-order valence-corrected chi connectivity index (χ1v) is 8.97. The standard InChI is InChI=1S/C22H30NO/c1-4-18-23(2,3)19-12-11-17-22(24,20-13-7-5-8-14-20)21-15-9-6-10-16-21/h1,5,7-8,13-14,21,24H,6,9-10,15-19H2,2-3H3/q+1/t22-/m1/s1. The van der Waals surface area contributed by atoms with Gasteiger partial charge in [-0.1, -0.05) is 55.5 Å². The van der Waals surface area contributed by atoms with Gasteiger partial charge in [-0.2, -0.15) is 0 Å². The molecule has 1 N–H and O–H groups in total. The van der Waals surface area contributed by atoms with Crippen LogP contribution in [0.3, 0.4) is 0 Å². The summed E-state index contributed by atoms with van der Waals surface area (Å²) in [6, 6.07) is 10.1. The average molecular weight is 324 g/mol. The first-order chi connectivity index (χ1) is 11.5. The third-order valence-electron chi connectivity index (χ3n) is 5.06. The van der Waals surface area contributed by atoms with Crippen LogP contribution in [0.15, 0.2) is 30.3 Å². The highest BCUT2D eigenvalue weighted by molar-refractivity contribution is 5.26. The van der Waals surface area contributed by atoms with Crippen molar-refractivity contribution in [2.45, 2.75) is 44.1 Å². The minimum Gasteiger partial charge on any atom is -0.384 e. The van der Waals surface area contributed by atoms with E-state index in [1.54, 1.807) is 0 Å². The van der Waals surface area contributed by atoms with Crippen LogP contribution >= 0.6 is 0 Å². The zero-order chi connectivity index (χ0) is 17.5. The normalized spacial score (nSPS) is 18.1. The molecule has 1 aliphatic carbocycles. The number of hydrogen-bond acceptors (Lipinski definition) is 1. The number of aliphatic hydroxyl groups is 1. The molecule has 128 valence electrons. The Morgan fingerprint density at radius 2 is 1.75 bits per heavy atom. The van der Waals surface area contributed by atoms with Crippen LogP contribution in [0, 0.1) is 30.1 Å². The molecular weight excluding hydrogens is 294 g/mol. The molecule has 0 spiro atoms. The van der Waals surface area contributed by atoms with Gasteiger partial charge in [0, 0.05) is 6.42 Å². The van der Waals surface area contributed by atoms with Gasteiger partial charge in [0.05, 0.1) is 14.1 Å².